The SMILES string of the molecule is OCC1(c2cccnc2)OCCO1. The molecule has 1 N–H and O–H groups in total. The van der Waals surface area contributed by atoms with Crippen molar-refractivity contribution >= 4 is 0 Å². The minimum Gasteiger partial charge on any atom is -0.390 e. The molecule has 2 rings (SSSR count). The van der Waals surface area contributed by atoms with Gasteiger partial charge in [-0.15, -0.1) is 0 Å². The third-order valence-corrected chi connectivity index (χ3v) is 2.06. The molecule has 0 radical (unpaired) electrons. The van der Waals surface area contributed by atoms with Gasteiger partial charge >= 0.3 is 0 Å². The Hall–Kier alpha value is -0.970. The first kappa shape index (κ1) is 8.62. The van der Waals surface area contributed by atoms with E-state index in [1.807, 2.05) is 6.07 Å². The van der Waals surface area contributed by atoms with Gasteiger partial charge in [0.1, 0.15) is 6.61 Å². The van der Waals surface area contributed by atoms with Crippen molar-refractivity contribution in [3.05, 3.63) is 30.1 Å². The second kappa shape index (κ2) is 3.41. The van der Waals surface area contributed by atoms with E-state index in [-0.39, 0.29) is 6.61 Å². The van der Waals surface area contributed by atoms with Crippen LogP contribution in [0.25, 0.3) is 0 Å². The van der Waals surface area contributed by atoms with Gasteiger partial charge in [0.05, 0.1) is 13.2 Å². The Morgan fingerprint density at radius 3 is 2.77 bits per heavy atom. The number of pyridine rings is 1. The van der Waals surface area contributed by atoms with Gasteiger partial charge in [-0.25, -0.2) is 0 Å². The molecule has 1 aliphatic heterocycles. The van der Waals surface area contributed by atoms with E-state index < -0.39 is 5.79 Å². The maximum atomic E-state index is 9.19. The fourth-order valence-electron chi connectivity index (χ4n) is 1.39. The molecule has 0 aromatic carbocycles. The summed E-state index contributed by atoms with van der Waals surface area (Å²) in [5, 5.41) is 9.19. The van der Waals surface area contributed by atoms with Crippen LogP contribution in [0.5, 0.6) is 0 Å². The summed E-state index contributed by atoms with van der Waals surface area (Å²) in [7, 11) is 0. The third kappa shape index (κ3) is 1.44. The molecule has 70 valence electrons. The van der Waals surface area contributed by atoms with Gasteiger partial charge in [0.2, 0.25) is 5.79 Å². The van der Waals surface area contributed by atoms with Gasteiger partial charge in [0.25, 0.3) is 0 Å². The van der Waals surface area contributed by atoms with E-state index in [2.05, 4.69) is 4.98 Å². The van der Waals surface area contributed by atoms with Crippen molar-refractivity contribution in [2.24, 2.45) is 0 Å². The van der Waals surface area contributed by atoms with Crippen LogP contribution in [-0.2, 0) is 15.3 Å². The predicted octanol–water partition coefficient (Wildman–Crippen LogP) is 0.273. The Morgan fingerprint density at radius 1 is 1.46 bits per heavy atom. The lowest BCUT2D eigenvalue weighted by atomic mass is 10.1. The molecule has 4 heteroatoms. The van der Waals surface area contributed by atoms with Crippen LogP contribution < -0.4 is 0 Å². The minimum atomic E-state index is -0.978. The van der Waals surface area contributed by atoms with Crippen LogP contribution in [0.2, 0.25) is 0 Å². The summed E-state index contributed by atoms with van der Waals surface area (Å²) in [4.78, 5) is 3.95. The maximum absolute atomic E-state index is 9.19. The largest absolute Gasteiger partial charge is 0.390 e. The Kier molecular flexibility index (Phi) is 2.26. The fourth-order valence-corrected chi connectivity index (χ4v) is 1.39. The van der Waals surface area contributed by atoms with Crippen molar-refractivity contribution in [3.8, 4) is 0 Å². The van der Waals surface area contributed by atoms with Gasteiger partial charge < -0.3 is 14.6 Å². The fraction of sp³-hybridized carbons (Fsp3) is 0.444. The highest BCUT2D eigenvalue weighted by Crippen LogP contribution is 2.29. The van der Waals surface area contributed by atoms with Crippen LogP contribution in [0.3, 0.4) is 0 Å². The molecule has 13 heavy (non-hydrogen) atoms. The second-order valence-corrected chi connectivity index (χ2v) is 2.85. The first-order valence-electron chi connectivity index (χ1n) is 4.17. The number of hydrogen-bond donors (Lipinski definition) is 1. The molecular weight excluding hydrogens is 170 g/mol. The van der Waals surface area contributed by atoms with Crippen molar-refractivity contribution in [1.29, 1.82) is 0 Å². The standard InChI is InChI=1S/C9H11NO3/c11-7-9(12-4-5-13-9)8-2-1-3-10-6-8/h1-3,6,11H,4-5,7H2. The minimum absolute atomic E-state index is 0.182. The molecule has 4 nitrogen and oxygen atoms in total. The molecule has 0 bridgehead atoms. The quantitative estimate of drug-likeness (QED) is 0.711. The number of aromatic nitrogens is 1. The molecule has 0 unspecified atom stereocenters. The second-order valence-electron chi connectivity index (χ2n) is 2.85. The van der Waals surface area contributed by atoms with Gasteiger partial charge in [-0.3, -0.25) is 4.98 Å². The molecule has 0 aliphatic carbocycles. The molecule has 1 saturated heterocycles. The van der Waals surface area contributed by atoms with Gasteiger partial charge in [-0.05, 0) is 6.07 Å². The van der Waals surface area contributed by atoms with Gasteiger partial charge in [0, 0.05) is 18.0 Å². The molecule has 1 fully saturated rings. The Labute approximate surface area is 76.1 Å². The van der Waals surface area contributed by atoms with E-state index in [1.54, 1.807) is 18.5 Å². The lowest BCUT2D eigenvalue weighted by Crippen LogP contribution is -2.31. The lowest BCUT2D eigenvalue weighted by molar-refractivity contribution is -0.191. The summed E-state index contributed by atoms with van der Waals surface area (Å²) in [6.07, 6.45) is 3.31. The maximum Gasteiger partial charge on any atom is 0.220 e. The van der Waals surface area contributed by atoms with Gasteiger partial charge in [-0.1, -0.05) is 6.07 Å². The van der Waals surface area contributed by atoms with E-state index in [0.29, 0.717) is 13.2 Å². The van der Waals surface area contributed by atoms with Crippen LogP contribution >= 0.6 is 0 Å². The zero-order chi connectivity index (χ0) is 9.15. The van der Waals surface area contributed by atoms with Crippen molar-refractivity contribution in [3.63, 3.8) is 0 Å². The van der Waals surface area contributed by atoms with Gasteiger partial charge in [-0.2, -0.15) is 0 Å². The van der Waals surface area contributed by atoms with Crippen molar-refractivity contribution in [1.82, 2.24) is 4.98 Å². The molecule has 2 heterocycles. The van der Waals surface area contributed by atoms with E-state index in [1.165, 1.54) is 0 Å². The summed E-state index contributed by atoms with van der Waals surface area (Å²) in [6, 6.07) is 3.62. The number of ether oxygens (including phenoxy) is 2. The van der Waals surface area contributed by atoms with Crippen molar-refractivity contribution < 1.29 is 14.6 Å². The summed E-state index contributed by atoms with van der Waals surface area (Å²) in [5.41, 5.74) is 0.759. The highest BCUT2D eigenvalue weighted by Gasteiger charge is 2.38. The van der Waals surface area contributed by atoms with E-state index >= 15 is 0 Å². The normalized spacial score (nSPS) is 20.4. The first-order valence-corrected chi connectivity index (χ1v) is 4.17. The van der Waals surface area contributed by atoms with E-state index in [9.17, 15) is 5.11 Å². The van der Waals surface area contributed by atoms with E-state index in [4.69, 9.17) is 9.47 Å². The number of aliphatic hydroxyl groups excluding tert-OH is 1. The van der Waals surface area contributed by atoms with Crippen molar-refractivity contribution in [2.75, 3.05) is 19.8 Å². The molecule has 0 amide bonds. The molecular formula is C9H11NO3. The third-order valence-electron chi connectivity index (χ3n) is 2.06. The van der Waals surface area contributed by atoms with Crippen LogP contribution in [0.15, 0.2) is 24.5 Å². The Balaban J connectivity index is 2.31. The molecule has 0 atom stereocenters. The number of rotatable bonds is 2. The number of aliphatic hydroxyl groups is 1. The highest BCUT2D eigenvalue weighted by molar-refractivity contribution is 5.16. The predicted molar refractivity (Wildman–Crippen MR) is 44.9 cm³/mol. The van der Waals surface area contributed by atoms with Crippen LogP contribution in [0, 0.1) is 0 Å². The van der Waals surface area contributed by atoms with Crippen LogP contribution in [0.1, 0.15) is 5.56 Å². The molecule has 0 spiro atoms. The summed E-state index contributed by atoms with van der Waals surface area (Å²) in [5.74, 6) is -0.978. The number of hydrogen-bond acceptors (Lipinski definition) is 4. The van der Waals surface area contributed by atoms with Gasteiger partial charge in [0.15, 0.2) is 0 Å². The molecule has 1 aliphatic rings. The molecule has 1 aromatic heterocycles. The Morgan fingerprint density at radius 2 is 2.23 bits per heavy atom. The topological polar surface area (TPSA) is 51.6 Å². The summed E-state index contributed by atoms with van der Waals surface area (Å²) < 4.78 is 10.7. The average Bonchev–Trinajstić information content (AvgIpc) is 2.69. The monoisotopic (exact) mass is 181 g/mol. The van der Waals surface area contributed by atoms with Crippen LogP contribution in [0.4, 0.5) is 0 Å². The highest BCUT2D eigenvalue weighted by atomic mass is 16.7. The summed E-state index contributed by atoms with van der Waals surface area (Å²) in [6.45, 7) is 0.837. The zero-order valence-corrected chi connectivity index (χ0v) is 7.14. The van der Waals surface area contributed by atoms with Crippen molar-refractivity contribution in [2.45, 2.75) is 5.79 Å². The van der Waals surface area contributed by atoms with E-state index in [0.717, 1.165) is 5.56 Å². The zero-order valence-electron chi connectivity index (χ0n) is 7.14. The smallest absolute Gasteiger partial charge is 0.220 e. The van der Waals surface area contributed by atoms with Crippen LogP contribution in [-0.4, -0.2) is 29.9 Å². The molecule has 1 aromatic rings. The number of nitrogens with zero attached hydrogens (tertiary/aromatic N) is 1. The Bertz CT molecular complexity index is 269. The molecule has 0 saturated carbocycles. The lowest BCUT2D eigenvalue weighted by Gasteiger charge is -2.24. The summed E-state index contributed by atoms with van der Waals surface area (Å²) >= 11 is 0. The first-order chi connectivity index (χ1) is 6.37. The average molecular weight is 181 g/mol.